The zero-order valence-electron chi connectivity index (χ0n) is 22.1. The van der Waals surface area contributed by atoms with Crippen molar-refractivity contribution < 1.29 is 14.0 Å². The number of hydrogen-bond acceptors (Lipinski definition) is 7. The van der Waals surface area contributed by atoms with Crippen LogP contribution in [0.15, 0.2) is 78.9 Å². The van der Waals surface area contributed by atoms with E-state index in [2.05, 4.69) is 30.6 Å². The molecule has 1 fully saturated rings. The van der Waals surface area contributed by atoms with E-state index in [0.717, 1.165) is 54.5 Å². The van der Waals surface area contributed by atoms with Crippen molar-refractivity contribution in [3.05, 3.63) is 107 Å². The number of rotatable bonds is 10. The van der Waals surface area contributed by atoms with Crippen LogP contribution in [0.4, 0.5) is 14.7 Å². The maximum absolute atomic E-state index is 13.1. The van der Waals surface area contributed by atoms with Crippen molar-refractivity contribution in [2.45, 2.75) is 19.4 Å². The molecule has 2 heterocycles. The van der Waals surface area contributed by atoms with Gasteiger partial charge in [-0.1, -0.05) is 65.9 Å². The van der Waals surface area contributed by atoms with Crippen molar-refractivity contribution in [2.24, 2.45) is 0 Å². The van der Waals surface area contributed by atoms with Gasteiger partial charge in [-0.2, -0.15) is 0 Å². The smallest absolute Gasteiger partial charge is 0.251 e. The van der Waals surface area contributed by atoms with Gasteiger partial charge >= 0.3 is 0 Å². The third-order valence-corrected chi connectivity index (χ3v) is 7.62. The molecule has 1 aliphatic heterocycles. The Labute approximate surface area is 236 Å². The molecular formula is C30H31FN6O2S. The van der Waals surface area contributed by atoms with Gasteiger partial charge in [0.2, 0.25) is 16.2 Å². The molecule has 0 unspecified atom stereocenters. The number of nitrogens with zero attached hydrogens (tertiary/aromatic N) is 4. The van der Waals surface area contributed by atoms with Gasteiger partial charge in [0.05, 0.1) is 6.42 Å². The lowest BCUT2D eigenvalue weighted by atomic mass is 10.1. The van der Waals surface area contributed by atoms with Gasteiger partial charge in [-0.05, 0) is 47.4 Å². The van der Waals surface area contributed by atoms with E-state index in [9.17, 15) is 14.0 Å². The second-order valence-corrected chi connectivity index (χ2v) is 10.7. The molecule has 0 saturated carbocycles. The largest absolute Gasteiger partial charge is 0.352 e. The van der Waals surface area contributed by atoms with E-state index in [0.29, 0.717) is 30.1 Å². The van der Waals surface area contributed by atoms with E-state index < -0.39 is 0 Å². The lowest BCUT2D eigenvalue weighted by Crippen LogP contribution is -2.46. The standard InChI is InChI=1S/C30H31FN6O2S/c31-26-11-9-22(10-12-26)13-14-32-28(39)25-8-4-7-24(19-25)21-36-15-17-37(18-16-36)30-35-34-29(40-30)33-27(38)20-23-5-2-1-3-6-23/h1-12,19H,13-18,20-21H2,(H,32,39)(H,33,34,38). The summed E-state index contributed by atoms with van der Waals surface area (Å²) in [6, 6.07) is 23.6. The molecular weight excluding hydrogens is 527 g/mol. The second kappa shape index (κ2) is 13.3. The average molecular weight is 559 g/mol. The van der Waals surface area contributed by atoms with Crippen LogP contribution in [0, 0.1) is 5.82 Å². The quantitative estimate of drug-likeness (QED) is 0.304. The van der Waals surface area contributed by atoms with Crippen LogP contribution in [0.3, 0.4) is 0 Å². The maximum Gasteiger partial charge on any atom is 0.251 e. The van der Waals surface area contributed by atoms with Gasteiger partial charge in [0.25, 0.3) is 5.91 Å². The Balaban J connectivity index is 1.06. The molecule has 3 aromatic carbocycles. The van der Waals surface area contributed by atoms with Crippen LogP contribution < -0.4 is 15.5 Å². The molecule has 40 heavy (non-hydrogen) atoms. The van der Waals surface area contributed by atoms with Crippen molar-refractivity contribution in [1.29, 1.82) is 0 Å². The van der Waals surface area contributed by atoms with Gasteiger partial charge in [0.15, 0.2) is 0 Å². The molecule has 0 aliphatic carbocycles. The fourth-order valence-electron chi connectivity index (χ4n) is 4.58. The Morgan fingerprint density at radius 3 is 2.38 bits per heavy atom. The molecule has 1 aliphatic rings. The second-order valence-electron chi connectivity index (χ2n) is 9.70. The van der Waals surface area contributed by atoms with Crippen molar-refractivity contribution in [1.82, 2.24) is 20.4 Å². The lowest BCUT2D eigenvalue weighted by Gasteiger charge is -2.34. The van der Waals surface area contributed by atoms with Crippen LogP contribution >= 0.6 is 11.3 Å². The number of halogens is 1. The third kappa shape index (κ3) is 7.71. The average Bonchev–Trinajstić information content (AvgIpc) is 3.43. The van der Waals surface area contributed by atoms with E-state index in [1.165, 1.54) is 23.5 Å². The summed E-state index contributed by atoms with van der Waals surface area (Å²) < 4.78 is 13.1. The highest BCUT2D eigenvalue weighted by Crippen LogP contribution is 2.25. The van der Waals surface area contributed by atoms with Crippen LogP contribution in [0.5, 0.6) is 0 Å². The van der Waals surface area contributed by atoms with E-state index in [1.54, 1.807) is 12.1 Å². The Bertz CT molecular complexity index is 1420. The number of carbonyl (C=O) groups is 2. The summed E-state index contributed by atoms with van der Waals surface area (Å²) in [5.41, 5.74) is 3.64. The summed E-state index contributed by atoms with van der Waals surface area (Å²) >= 11 is 1.39. The third-order valence-electron chi connectivity index (χ3n) is 6.72. The summed E-state index contributed by atoms with van der Waals surface area (Å²) in [6.07, 6.45) is 0.944. The van der Waals surface area contributed by atoms with Gasteiger partial charge in [-0.15, -0.1) is 10.2 Å². The van der Waals surface area contributed by atoms with Crippen LogP contribution in [0.2, 0.25) is 0 Å². The highest BCUT2D eigenvalue weighted by Gasteiger charge is 2.21. The first-order valence-corrected chi connectivity index (χ1v) is 14.1. The fraction of sp³-hybridized carbons (Fsp3) is 0.267. The van der Waals surface area contributed by atoms with Gasteiger partial charge in [-0.25, -0.2) is 4.39 Å². The van der Waals surface area contributed by atoms with Crippen LogP contribution in [0.1, 0.15) is 27.0 Å². The number of carbonyl (C=O) groups excluding carboxylic acids is 2. The number of anilines is 2. The van der Waals surface area contributed by atoms with Crippen molar-refractivity contribution in [3.63, 3.8) is 0 Å². The Kier molecular flexibility index (Phi) is 9.10. The van der Waals surface area contributed by atoms with Crippen molar-refractivity contribution in [2.75, 3.05) is 42.9 Å². The summed E-state index contributed by atoms with van der Waals surface area (Å²) in [4.78, 5) is 29.5. The molecule has 0 atom stereocenters. The van der Waals surface area contributed by atoms with E-state index in [1.807, 2.05) is 54.6 Å². The SMILES string of the molecule is O=C(Cc1ccccc1)Nc1nnc(N2CCN(Cc3cccc(C(=O)NCCc4ccc(F)cc4)c3)CC2)s1. The van der Waals surface area contributed by atoms with Crippen LogP contribution in [-0.4, -0.2) is 59.6 Å². The molecule has 2 N–H and O–H groups in total. The zero-order chi connectivity index (χ0) is 27.7. The highest BCUT2D eigenvalue weighted by molar-refractivity contribution is 7.19. The molecule has 4 aromatic rings. The summed E-state index contributed by atoms with van der Waals surface area (Å²) in [7, 11) is 0. The number of amides is 2. The molecule has 0 radical (unpaired) electrons. The zero-order valence-corrected chi connectivity index (χ0v) is 22.9. The highest BCUT2D eigenvalue weighted by atomic mass is 32.1. The first-order valence-electron chi connectivity index (χ1n) is 13.3. The lowest BCUT2D eigenvalue weighted by molar-refractivity contribution is -0.115. The van der Waals surface area contributed by atoms with Gasteiger partial charge < -0.3 is 15.5 Å². The van der Waals surface area contributed by atoms with Gasteiger partial charge in [-0.3, -0.25) is 14.5 Å². The minimum atomic E-state index is -0.263. The van der Waals surface area contributed by atoms with Crippen LogP contribution in [0.25, 0.3) is 0 Å². The molecule has 2 amide bonds. The minimum Gasteiger partial charge on any atom is -0.352 e. The molecule has 0 spiro atoms. The molecule has 10 heteroatoms. The van der Waals surface area contributed by atoms with E-state index in [4.69, 9.17) is 0 Å². The summed E-state index contributed by atoms with van der Waals surface area (Å²) in [5.74, 6) is -0.486. The number of nitrogens with one attached hydrogen (secondary N) is 2. The Morgan fingerprint density at radius 1 is 0.850 bits per heavy atom. The van der Waals surface area contributed by atoms with Crippen molar-refractivity contribution in [3.8, 4) is 0 Å². The summed E-state index contributed by atoms with van der Waals surface area (Å²) in [6.45, 7) is 4.54. The minimum absolute atomic E-state index is 0.109. The van der Waals surface area contributed by atoms with Crippen LogP contribution in [-0.2, 0) is 24.2 Å². The van der Waals surface area contributed by atoms with Gasteiger partial charge in [0.1, 0.15) is 5.82 Å². The molecule has 1 saturated heterocycles. The predicted molar refractivity (Wildman–Crippen MR) is 155 cm³/mol. The van der Waals surface area contributed by atoms with Gasteiger partial charge in [0, 0.05) is 44.8 Å². The Morgan fingerprint density at radius 2 is 1.60 bits per heavy atom. The first kappa shape index (κ1) is 27.4. The molecule has 1 aromatic heterocycles. The number of hydrogen-bond donors (Lipinski definition) is 2. The maximum atomic E-state index is 13.1. The van der Waals surface area contributed by atoms with Crippen molar-refractivity contribution >= 4 is 33.4 Å². The molecule has 8 nitrogen and oxygen atoms in total. The fourth-order valence-corrected chi connectivity index (χ4v) is 5.39. The van der Waals surface area contributed by atoms with E-state index in [-0.39, 0.29) is 17.6 Å². The number of benzene rings is 3. The number of aromatic nitrogens is 2. The molecule has 5 rings (SSSR count). The Hall–Kier alpha value is -4.15. The monoisotopic (exact) mass is 558 g/mol. The first-order chi connectivity index (χ1) is 19.5. The topological polar surface area (TPSA) is 90.5 Å². The predicted octanol–water partition coefficient (Wildman–Crippen LogP) is 4.15. The normalized spacial score (nSPS) is 13.7. The number of piperazine rings is 1. The van der Waals surface area contributed by atoms with E-state index >= 15 is 0 Å². The molecule has 0 bridgehead atoms. The molecule has 206 valence electrons. The summed E-state index contributed by atoms with van der Waals surface area (Å²) in [5, 5.41) is 15.6.